The lowest BCUT2D eigenvalue weighted by molar-refractivity contribution is -0.116. The quantitative estimate of drug-likeness (QED) is 0.857. The van der Waals surface area contributed by atoms with Crippen LogP contribution in [0.25, 0.3) is 0 Å². The predicted molar refractivity (Wildman–Crippen MR) is 87.1 cm³/mol. The Labute approximate surface area is 130 Å². The Morgan fingerprint density at radius 1 is 1.00 bits per heavy atom. The number of rotatable bonds is 5. The molecule has 0 aliphatic rings. The largest absolute Gasteiger partial charge is 0.311 e. The van der Waals surface area contributed by atoms with Crippen LogP contribution in [-0.4, -0.2) is 16.7 Å². The molecule has 0 unspecified atom stereocenters. The summed E-state index contributed by atoms with van der Waals surface area (Å²) >= 11 is 0. The van der Waals surface area contributed by atoms with Gasteiger partial charge in [0.2, 0.25) is 5.91 Å². The zero-order valence-corrected chi connectivity index (χ0v) is 13.1. The van der Waals surface area contributed by atoms with Gasteiger partial charge >= 0.3 is 0 Å². The fourth-order valence-electron chi connectivity index (χ4n) is 2.15. The summed E-state index contributed by atoms with van der Waals surface area (Å²) in [7, 11) is 0. The average molecular weight is 296 g/mol. The number of aryl methyl sites for hydroxylation is 3. The summed E-state index contributed by atoms with van der Waals surface area (Å²) in [6, 6.07) is 9.40. The third kappa shape index (κ3) is 4.25. The first kappa shape index (κ1) is 15.9. The van der Waals surface area contributed by atoms with E-state index in [1.54, 1.807) is 12.3 Å². The van der Waals surface area contributed by atoms with Gasteiger partial charge in [-0.2, -0.15) is 0 Å². The van der Waals surface area contributed by atoms with Crippen LogP contribution in [-0.2, 0) is 4.79 Å². The van der Waals surface area contributed by atoms with Gasteiger partial charge in [0, 0.05) is 24.6 Å². The van der Waals surface area contributed by atoms with Crippen LogP contribution in [0.2, 0.25) is 0 Å². The van der Waals surface area contributed by atoms with Gasteiger partial charge in [-0.05, 0) is 44.0 Å². The van der Waals surface area contributed by atoms with Crippen molar-refractivity contribution in [1.82, 2.24) is 4.98 Å². The maximum absolute atomic E-state index is 12.2. The SMILES string of the molecule is Cc1ccc(NC(=O)CCC(=O)c2cc(C)ccc2C)nc1. The molecule has 1 N–H and O–H groups in total. The number of hydrogen-bond acceptors (Lipinski definition) is 3. The maximum Gasteiger partial charge on any atom is 0.225 e. The number of anilines is 1. The highest BCUT2D eigenvalue weighted by molar-refractivity contribution is 6.00. The number of carbonyl (C=O) groups excluding carboxylic acids is 2. The van der Waals surface area contributed by atoms with Crippen molar-refractivity contribution in [2.45, 2.75) is 33.6 Å². The Bertz CT molecular complexity index is 691. The number of nitrogens with zero attached hydrogens (tertiary/aromatic N) is 1. The van der Waals surface area contributed by atoms with Gasteiger partial charge in [0.15, 0.2) is 5.78 Å². The fraction of sp³-hybridized carbons (Fsp3) is 0.278. The summed E-state index contributed by atoms with van der Waals surface area (Å²) in [5, 5.41) is 2.70. The van der Waals surface area contributed by atoms with Crippen LogP contribution in [0.3, 0.4) is 0 Å². The van der Waals surface area contributed by atoms with Gasteiger partial charge in [0.1, 0.15) is 5.82 Å². The number of Topliss-reactive ketones (excluding diaryl/α,β-unsaturated/α-hetero) is 1. The van der Waals surface area contributed by atoms with E-state index in [1.807, 2.05) is 45.0 Å². The number of carbonyl (C=O) groups is 2. The van der Waals surface area contributed by atoms with Gasteiger partial charge < -0.3 is 5.32 Å². The van der Waals surface area contributed by atoms with Crippen molar-refractivity contribution >= 4 is 17.5 Å². The minimum absolute atomic E-state index is 0.00628. The van der Waals surface area contributed by atoms with Crippen LogP contribution >= 0.6 is 0 Å². The molecule has 0 aliphatic carbocycles. The van der Waals surface area contributed by atoms with Crippen molar-refractivity contribution in [2.24, 2.45) is 0 Å². The van der Waals surface area contributed by atoms with E-state index in [1.165, 1.54) is 0 Å². The zero-order valence-electron chi connectivity index (χ0n) is 13.1. The molecule has 4 heteroatoms. The lowest BCUT2D eigenvalue weighted by atomic mass is 9.99. The normalized spacial score (nSPS) is 10.3. The fourth-order valence-corrected chi connectivity index (χ4v) is 2.15. The highest BCUT2D eigenvalue weighted by atomic mass is 16.2. The molecule has 1 aromatic heterocycles. The first-order chi connectivity index (χ1) is 10.5. The van der Waals surface area contributed by atoms with E-state index in [9.17, 15) is 9.59 Å². The molecule has 0 radical (unpaired) electrons. The molecule has 2 rings (SSSR count). The number of hydrogen-bond donors (Lipinski definition) is 1. The molecule has 0 saturated carbocycles. The average Bonchev–Trinajstić information content (AvgIpc) is 2.49. The lowest BCUT2D eigenvalue weighted by Gasteiger charge is -2.07. The number of ketones is 1. The van der Waals surface area contributed by atoms with Gasteiger partial charge in [-0.25, -0.2) is 4.98 Å². The second-order valence-electron chi connectivity index (χ2n) is 5.51. The first-order valence-corrected chi connectivity index (χ1v) is 7.28. The van der Waals surface area contributed by atoms with Gasteiger partial charge in [0.25, 0.3) is 0 Å². The molecular weight excluding hydrogens is 276 g/mol. The maximum atomic E-state index is 12.2. The van der Waals surface area contributed by atoms with Gasteiger partial charge in [-0.3, -0.25) is 9.59 Å². The second-order valence-corrected chi connectivity index (χ2v) is 5.51. The zero-order chi connectivity index (χ0) is 16.1. The standard InChI is InChI=1S/C18H20N2O2/c1-12-4-6-14(3)15(10-12)16(21)7-9-18(22)20-17-8-5-13(2)11-19-17/h4-6,8,10-11H,7,9H2,1-3H3,(H,19,20,22). The van der Waals surface area contributed by atoms with Crippen molar-refractivity contribution in [3.8, 4) is 0 Å². The van der Waals surface area contributed by atoms with Gasteiger partial charge in [-0.15, -0.1) is 0 Å². The number of amides is 1. The highest BCUT2D eigenvalue weighted by Crippen LogP contribution is 2.14. The van der Waals surface area contributed by atoms with E-state index >= 15 is 0 Å². The Morgan fingerprint density at radius 2 is 1.73 bits per heavy atom. The molecule has 0 aliphatic heterocycles. The molecule has 0 fully saturated rings. The van der Waals surface area contributed by atoms with E-state index < -0.39 is 0 Å². The molecule has 114 valence electrons. The molecule has 4 nitrogen and oxygen atoms in total. The number of nitrogens with one attached hydrogen (secondary N) is 1. The van der Waals surface area contributed by atoms with E-state index in [2.05, 4.69) is 10.3 Å². The van der Waals surface area contributed by atoms with Gasteiger partial charge in [0.05, 0.1) is 0 Å². The van der Waals surface area contributed by atoms with Crippen LogP contribution in [0.15, 0.2) is 36.5 Å². The topological polar surface area (TPSA) is 59.1 Å². The number of benzene rings is 1. The summed E-state index contributed by atoms with van der Waals surface area (Å²) in [4.78, 5) is 28.2. The Balaban J connectivity index is 1.91. The van der Waals surface area contributed by atoms with Gasteiger partial charge in [-0.1, -0.05) is 23.8 Å². The second kappa shape index (κ2) is 6.98. The van der Waals surface area contributed by atoms with Crippen LogP contribution in [0.1, 0.15) is 39.9 Å². The molecule has 1 heterocycles. The van der Waals surface area contributed by atoms with Crippen molar-refractivity contribution in [3.05, 3.63) is 58.8 Å². The molecule has 1 amide bonds. The highest BCUT2D eigenvalue weighted by Gasteiger charge is 2.12. The summed E-state index contributed by atoms with van der Waals surface area (Å²) in [6.45, 7) is 5.79. The van der Waals surface area contributed by atoms with E-state index in [0.717, 1.165) is 16.7 Å². The summed E-state index contributed by atoms with van der Waals surface area (Å²) in [6.07, 6.45) is 2.04. The predicted octanol–water partition coefficient (Wildman–Crippen LogP) is 3.61. The number of aromatic nitrogens is 1. The minimum atomic E-state index is -0.199. The van der Waals surface area contributed by atoms with E-state index in [0.29, 0.717) is 11.4 Å². The van der Waals surface area contributed by atoms with Crippen LogP contribution in [0, 0.1) is 20.8 Å². The Morgan fingerprint density at radius 3 is 2.41 bits per heavy atom. The third-order valence-electron chi connectivity index (χ3n) is 3.45. The van der Waals surface area contributed by atoms with Crippen LogP contribution in [0.4, 0.5) is 5.82 Å². The molecule has 0 saturated heterocycles. The lowest BCUT2D eigenvalue weighted by Crippen LogP contribution is -2.14. The number of pyridine rings is 1. The van der Waals surface area contributed by atoms with E-state index in [-0.39, 0.29) is 24.5 Å². The molecule has 2 aromatic rings. The third-order valence-corrected chi connectivity index (χ3v) is 3.45. The molecule has 22 heavy (non-hydrogen) atoms. The van der Waals surface area contributed by atoms with Crippen molar-refractivity contribution in [2.75, 3.05) is 5.32 Å². The summed E-state index contributed by atoms with van der Waals surface area (Å²) in [5.74, 6) is 0.304. The van der Waals surface area contributed by atoms with Crippen molar-refractivity contribution < 1.29 is 9.59 Å². The Hall–Kier alpha value is -2.49. The van der Waals surface area contributed by atoms with Crippen LogP contribution in [0.5, 0.6) is 0 Å². The molecule has 1 aromatic carbocycles. The van der Waals surface area contributed by atoms with E-state index in [4.69, 9.17) is 0 Å². The minimum Gasteiger partial charge on any atom is -0.311 e. The van der Waals surface area contributed by atoms with Crippen LogP contribution < -0.4 is 5.32 Å². The molecule has 0 bridgehead atoms. The van der Waals surface area contributed by atoms with Crippen molar-refractivity contribution in [3.63, 3.8) is 0 Å². The smallest absolute Gasteiger partial charge is 0.225 e. The van der Waals surface area contributed by atoms with Crippen molar-refractivity contribution in [1.29, 1.82) is 0 Å². The monoisotopic (exact) mass is 296 g/mol. The molecule has 0 atom stereocenters. The molecular formula is C18H20N2O2. The molecule has 0 spiro atoms. The summed E-state index contributed by atoms with van der Waals surface area (Å²) < 4.78 is 0. The Kier molecular flexibility index (Phi) is 5.04. The first-order valence-electron chi connectivity index (χ1n) is 7.28. The summed E-state index contributed by atoms with van der Waals surface area (Å²) in [5.41, 5.74) is 3.71.